The highest BCUT2D eigenvalue weighted by Gasteiger charge is 2.05. The summed E-state index contributed by atoms with van der Waals surface area (Å²) in [4.78, 5) is 0. The zero-order valence-corrected chi connectivity index (χ0v) is 12.6. The highest BCUT2D eigenvalue weighted by Crippen LogP contribution is 2.24. The van der Waals surface area contributed by atoms with Gasteiger partial charge >= 0.3 is 0 Å². The monoisotopic (exact) mass is 265 g/mol. The minimum atomic E-state index is 0.536. The Hall–Kier alpha value is -2.02. The van der Waals surface area contributed by atoms with E-state index in [1.807, 2.05) is 7.05 Å². The molecule has 1 N–H and O–H groups in total. The van der Waals surface area contributed by atoms with Gasteiger partial charge < -0.3 is 5.32 Å². The van der Waals surface area contributed by atoms with Crippen LogP contribution in [0.5, 0.6) is 0 Å². The third-order valence-corrected chi connectivity index (χ3v) is 3.82. The maximum atomic E-state index is 4.03. The Bertz CT molecular complexity index is 581. The van der Waals surface area contributed by atoms with Crippen molar-refractivity contribution in [3.05, 3.63) is 66.2 Å². The van der Waals surface area contributed by atoms with Crippen molar-refractivity contribution in [3.63, 3.8) is 0 Å². The molecule has 0 aromatic heterocycles. The first-order valence-corrected chi connectivity index (χ1v) is 7.12. The summed E-state index contributed by atoms with van der Waals surface area (Å²) in [5.41, 5.74) is 6.26. The first-order chi connectivity index (χ1) is 9.60. The van der Waals surface area contributed by atoms with Crippen molar-refractivity contribution in [2.24, 2.45) is 5.92 Å². The number of rotatable bonds is 5. The highest BCUT2D eigenvalue weighted by atomic mass is 14.8. The zero-order valence-electron chi connectivity index (χ0n) is 12.6. The zero-order chi connectivity index (χ0) is 14.5. The van der Waals surface area contributed by atoms with Crippen molar-refractivity contribution in [2.45, 2.75) is 20.3 Å². The van der Waals surface area contributed by atoms with Crippen LogP contribution in [0, 0.1) is 5.92 Å². The molecule has 0 aliphatic carbocycles. The Morgan fingerprint density at radius 2 is 1.80 bits per heavy atom. The lowest BCUT2D eigenvalue weighted by atomic mass is 9.94. The molecule has 0 spiro atoms. The fourth-order valence-corrected chi connectivity index (χ4v) is 2.22. The Morgan fingerprint density at radius 1 is 1.10 bits per heavy atom. The van der Waals surface area contributed by atoms with E-state index in [9.17, 15) is 0 Å². The molecule has 0 bridgehead atoms. The van der Waals surface area contributed by atoms with E-state index in [2.05, 4.69) is 74.3 Å². The van der Waals surface area contributed by atoms with Gasteiger partial charge in [0.15, 0.2) is 0 Å². The van der Waals surface area contributed by atoms with Gasteiger partial charge in [-0.1, -0.05) is 55.5 Å². The number of hydrogen-bond acceptors (Lipinski definition) is 1. The lowest BCUT2D eigenvalue weighted by Gasteiger charge is -2.11. The van der Waals surface area contributed by atoms with Gasteiger partial charge in [-0.05, 0) is 48.1 Å². The molecular formula is C19H23N. The van der Waals surface area contributed by atoms with Crippen LogP contribution < -0.4 is 5.32 Å². The van der Waals surface area contributed by atoms with Crippen molar-refractivity contribution in [3.8, 4) is 11.1 Å². The second kappa shape index (κ2) is 6.42. The molecule has 0 aliphatic rings. The SMILES string of the molecule is C=C(C)C(C)Cc1ccc(-c2cccc(NC)c2)cc1. The van der Waals surface area contributed by atoms with Gasteiger partial charge in [-0.15, -0.1) is 0 Å². The van der Waals surface area contributed by atoms with Crippen LogP contribution in [0.2, 0.25) is 0 Å². The van der Waals surface area contributed by atoms with Crippen LogP contribution in [-0.2, 0) is 6.42 Å². The summed E-state index contributed by atoms with van der Waals surface area (Å²) in [6.07, 6.45) is 1.06. The summed E-state index contributed by atoms with van der Waals surface area (Å²) >= 11 is 0. The van der Waals surface area contributed by atoms with Crippen molar-refractivity contribution in [1.29, 1.82) is 0 Å². The molecule has 0 amide bonds. The van der Waals surface area contributed by atoms with E-state index < -0.39 is 0 Å². The molecule has 2 aromatic carbocycles. The van der Waals surface area contributed by atoms with E-state index in [4.69, 9.17) is 0 Å². The smallest absolute Gasteiger partial charge is 0.0343 e. The van der Waals surface area contributed by atoms with Gasteiger partial charge in [-0.3, -0.25) is 0 Å². The van der Waals surface area contributed by atoms with E-state index in [1.54, 1.807) is 0 Å². The number of anilines is 1. The van der Waals surface area contributed by atoms with Gasteiger partial charge in [0.05, 0.1) is 0 Å². The summed E-state index contributed by atoms with van der Waals surface area (Å²) in [6, 6.07) is 17.3. The molecule has 0 heterocycles. The average molecular weight is 265 g/mol. The maximum Gasteiger partial charge on any atom is 0.0343 e. The van der Waals surface area contributed by atoms with Crippen LogP contribution in [0.3, 0.4) is 0 Å². The van der Waals surface area contributed by atoms with Gasteiger partial charge in [0.2, 0.25) is 0 Å². The first-order valence-electron chi connectivity index (χ1n) is 7.12. The lowest BCUT2D eigenvalue weighted by molar-refractivity contribution is 0.680. The largest absolute Gasteiger partial charge is 0.388 e. The molecule has 1 unspecified atom stereocenters. The van der Waals surface area contributed by atoms with Gasteiger partial charge in [0.1, 0.15) is 0 Å². The Labute approximate surface area is 122 Å². The van der Waals surface area contributed by atoms with Crippen LogP contribution in [-0.4, -0.2) is 7.05 Å². The quantitative estimate of drug-likeness (QED) is 0.737. The molecule has 0 aliphatic heterocycles. The van der Waals surface area contributed by atoms with Crippen molar-refractivity contribution in [2.75, 3.05) is 12.4 Å². The molecule has 1 atom stereocenters. The van der Waals surface area contributed by atoms with Crippen LogP contribution in [0.4, 0.5) is 5.69 Å². The minimum Gasteiger partial charge on any atom is -0.388 e. The van der Waals surface area contributed by atoms with E-state index in [1.165, 1.54) is 22.3 Å². The predicted octanol–water partition coefficient (Wildman–Crippen LogP) is 5.15. The normalized spacial score (nSPS) is 11.9. The molecule has 20 heavy (non-hydrogen) atoms. The summed E-state index contributed by atoms with van der Waals surface area (Å²) in [7, 11) is 1.95. The van der Waals surface area contributed by atoms with E-state index in [-0.39, 0.29) is 0 Å². The second-order valence-electron chi connectivity index (χ2n) is 5.48. The van der Waals surface area contributed by atoms with Gasteiger partial charge in [0.25, 0.3) is 0 Å². The van der Waals surface area contributed by atoms with Crippen molar-refractivity contribution < 1.29 is 0 Å². The van der Waals surface area contributed by atoms with Gasteiger partial charge in [-0.2, -0.15) is 0 Å². The Kier molecular flexibility index (Phi) is 4.62. The molecule has 0 fully saturated rings. The molecule has 0 radical (unpaired) electrons. The number of benzene rings is 2. The maximum absolute atomic E-state index is 4.03. The third-order valence-electron chi connectivity index (χ3n) is 3.82. The van der Waals surface area contributed by atoms with Gasteiger partial charge in [0, 0.05) is 12.7 Å². The molecule has 0 saturated carbocycles. The van der Waals surface area contributed by atoms with Gasteiger partial charge in [-0.25, -0.2) is 0 Å². The summed E-state index contributed by atoms with van der Waals surface area (Å²) in [5, 5.41) is 3.18. The number of hydrogen-bond donors (Lipinski definition) is 1. The Balaban J connectivity index is 2.17. The average Bonchev–Trinajstić information content (AvgIpc) is 2.48. The second-order valence-corrected chi connectivity index (χ2v) is 5.48. The summed E-state index contributed by atoms with van der Waals surface area (Å²) < 4.78 is 0. The standard InChI is InChI=1S/C19H23N/c1-14(2)15(3)12-16-8-10-17(11-9-16)18-6-5-7-19(13-18)20-4/h5-11,13,15,20H,1,12H2,2-4H3. The first kappa shape index (κ1) is 14.4. The topological polar surface area (TPSA) is 12.0 Å². The van der Waals surface area contributed by atoms with Crippen LogP contribution in [0.1, 0.15) is 19.4 Å². The molecule has 2 aromatic rings. The highest BCUT2D eigenvalue weighted by molar-refractivity contribution is 5.68. The summed E-state index contributed by atoms with van der Waals surface area (Å²) in [6.45, 7) is 8.36. The number of nitrogens with one attached hydrogen (secondary N) is 1. The van der Waals surface area contributed by atoms with Crippen LogP contribution in [0.25, 0.3) is 11.1 Å². The van der Waals surface area contributed by atoms with Crippen LogP contribution >= 0.6 is 0 Å². The third kappa shape index (κ3) is 3.51. The molecule has 2 rings (SSSR count). The summed E-state index contributed by atoms with van der Waals surface area (Å²) in [5.74, 6) is 0.536. The molecular weight excluding hydrogens is 242 g/mol. The predicted molar refractivity (Wildman–Crippen MR) is 89.1 cm³/mol. The molecule has 1 nitrogen and oxygen atoms in total. The molecule has 0 saturated heterocycles. The fraction of sp³-hybridized carbons (Fsp3) is 0.263. The Morgan fingerprint density at radius 3 is 2.40 bits per heavy atom. The molecule has 104 valence electrons. The number of allylic oxidation sites excluding steroid dienone is 1. The van der Waals surface area contributed by atoms with Crippen molar-refractivity contribution in [1.82, 2.24) is 0 Å². The molecule has 1 heteroatoms. The lowest BCUT2D eigenvalue weighted by Crippen LogP contribution is -2.00. The fourth-order valence-electron chi connectivity index (χ4n) is 2.22. The van der Waals surface area contributed by atoms with E-state index in [0.29, 0.717) is 5.92 Å². The van der Waals surface area contributed by atoms with E-state index >= 15 is 0 Å². The van der Waals surface area contributed by atoms with Crippen LogP contribution in [0.15, 0.2) is 60.7 Å². The minimum absolute atomic E-state index is 0.536. The van der Waals surface area contributed by atoms with Crippen molar-refractivity contribution >= 4 is 5.69 Å². The van der Waals surface area contributed by atoms with E-state index in [0.717, 1.165) is 12.1 Å².